The third-order valence-electron chi connectivity index (χ3n) is 2.70. The van der Waals surface area contributed by atoms with Crippen molar-refractivity contribution in [1.29, 1.82) is 0 Å². The fourth-order valence-corrected chi connectivity index (χ4v) is 1.94. The summed E-state index contributed by atoms with van der Waals surface area (Å²) in [7, 11) is 0. The molecular weight excluding hydrogens is 204 g/mol. The van der Waals surface area contributed by atoms with E-state index in [1.165, 1.54) is 0 Å². The van der Waals surface area contributed by atoms with Gasteiger partial charge in [0.2, 0.25) is 5.95 Å². The van der Waals surface area contributed by atoms with Gasteiger partial charge in [-0.2, -0.15) is 0 Å². The fourth-order valence-electron chi connectivity index (χ4n) is 1.94. The van der Waals surface area contributed by atoms with Crippen LogP contribution in [0.2, 0.25) is 0 Å². The summed E-state index contributed by atoms with van der Waals surface area (Å²) < 4.78 is 2.04. The molecule has 0 aliphatic carbocycles. The highest BCUT2D eigenvalue weighted by Crippen LogP contribution is 2.25. The Morgan fingerprint density at radius 3 is 3.12 bits per heavy atom. The lowest BCUT2D eigenvalue weighted by atomic mass is 10.2. The number of hydrogen-bond donors (Lipinski definition) is 2. The van der Waals surface area contributed by atoms with Crippen LogP contribution < -0.4 is 5.32 Å². The maximum absolute atomic E-state index is 9.44. The molecule has 0 amide bonds. The molecule has 0 saturated heterocycles. The van der Waals surface area contributed by atoms with Gasteiger partial charge in [-0.05, 0) is 18.6 Å². The van der Waals surface area contributed by atoms with Gasteiger partial charge in [0.15, 0.2) is 5.82 Å². The van der Waals surface area contributed by atoms with Gasteiger partial charge in [0.25, 0.3) is 0 Å². The van der Waals surface area contributed by atoms with Crippen molar-refractivity contribution in [1.82, 2.24) is 14.8 Å². The Kier molecular flexibility index (Phi) is 2.02. The SMILES string of the molecule is Oc1cccc(-c2nnc3n2CCCN3)c1. The number of phenolic OH excluding ortho intramolecular Hbond substituents is 1. The first-order valence-corrected chi connectivity index (χ1v) is 5.31. The first-order valence-electron chi connectivity index (χ1n) is 5.31. The number of hydrogen-bond acceptors (Lipinski definition) is 4. The zero-order chi connectivity index (χ0) is 11.0. The topological polar surface area (TPSA) is 63.0 Å². The average molecular weight is 216 g/mol. The molecule has 2 aromatic rings. The van der Waals surface area contributed by atoms with Crippen molar-refractivity contribution in [2.75, 3.05) is 11.9 Å². The molecule has 1 aromatic carbocycles. The molecule has 0 spiro atoms. The molecule has 2 heterocycles. The molecule has 1 aromatic heterocycles. The van der Waals surface area contributed by atoms with Gasteiger partial charge >= 0.3 is 0 Å². The van der Waals surface area contributed by atoms with Crippen molar-refractivity contribution in [3.05, 3.63) is 24.3 Å². The van der Waals surface area contributed by atoms with Gasteiger partial charge in [0.1, 0.15) is 5.75 Å². The maximum Gasteiger partial charge on any atom is 0.224 e. The number of nitrogens with zero attached hydrogens (tertiary/aromatic N) is 3. The van der Waals surface area contributed by atoms with E-state index in [0.29, 0.717) is 0 Å². The summed E-state index contributed by atoms with van der Waals surface area (Å²) in [6.07, 6.45) is 1.07. The van der Waals surface area contributed by atoms with E-state index in [-0.39, 0.29) is 5.75 Å². The second-order valence-electron chi connectivity index (χ2n) is 3.83. The van der Waals surface area contributed by atoms with Crippen LogP contribution in [0.3, 0.4) is 0 Å². The van der Waals surface area contributed by atoms with Crippen molar-refractivity contribution in [3.8, 4) is 17.1 Å². The van der Waals surface area contributed by atoms with Crippen molar-refractivity contribution in [3.63, 3.8) is 0 Å². The van der Waals surface area contributed by atoms with Crippen LogP contribution in [-0.2, 0) is 6.54 Å². The largest absolute Gasteiger partial charge is 0.508 e. The molecule has 5 heteroatoms. The van der Waals surface area contributed by atoms with Gasteiger partial charge in [-0.15, -0.1) is 10.2 Å². The number of phenols is 1. The van der Waals surface area contributed by atoms with Crippen LogP contribution in [0.15, 0.2) is 24.3 Å². The van der Waals surface area contributed by atoms with E-state index in [0.717, 1.165) is 36.8 Å². The molecule has 1 aliphatic heterocycles. The predicted octanol–water partition coefficient (Wildman–Crippen LogP) is 1.47. The number of anilines is 1. The van der Waals surface area contributed by atoms with E-state index in [1.807, 2.05) is 16.7 Å². The van der Waals surface area contributed by atoms with E-state index in [9.17, 15) is 5.11 Å². The first-order chi connectivity index (χ1) is 7.84. The third kappa shape index (κ3) is 1.41. The lowest BCUT2D eigenvalue weighted by molar-refractivity contribution is 0.475. The van der Waals surface area contributed by atoms with Crippen LogP contribution in [0.4, 0.5) is 5.95 Å². The molecule has 0 saturated carbocycles. The minimum absolute atomic E-state index is 0.249. The quantitative estimate of drug-likeness (QED) is 0.757. The van der Waals surface area contributed by atoms with E-state index < -0.39 is 0 Å². The summed E-state index contributed by atoms with van der Waals surface area (Å²) in [6, 6.07) is 7.08. The molecule has 2 N–H and O–H groups in total. The van der Waals surface area contributed by atoms with Crippen molar-refractivity contribution in [2.24, 2.45) is 0 Å². The van der Waals surface area contributed by atoms with E-state index in [4.69, 9.17) is 0 Å². The fraction of sp³-hybridized carbons (Fsp3) is 0.273. The summed E-state index contributed by atoms with van der Waals surface area (Å²) in [5, 5.41) is 20.9. The van der Waals surface area contributed by atoms with E-state index in [1.54, 1.807) is 12.1 Å². The standard InChI is InChI=1S/C11H12N4O/c16-9-4-1-3-8(7-9)10-13-14-11-12-5-2-6-15(10)11/h1,3-4,7,16H,2,5-6H2,(H,12,14). The second kappa shape index (κ2) is 3.52. The van der Waals surface area contributed by atoms with Gasteiger partial charge in [-0.25, -0.2) is 0 Å². The van der Waals surface area contributed by atoms with Crippen LogP contribution in [0.25, 0.3) is 11.4 Å². The molecule has 82 valence electrons. The Balaban J connectivity index is 2.09. The van der Waals surface area contributed by atoms with Crippen LogP contribution in [0, 0.1) is 0 Å². The van der Waals surface area contributed by atoms with Gasteiger partial charge in [0, 0.05) is 18.7 Å². The number of aromatic nitrogens is 3. The Hall–Kier alpha value is -2.04. The Labute approximate surface area is 92.7 Å². The molecule has 16 heavy (non-hydrogen) atoms. The van der Waals surface area contributed by atoms with Gasteiger partial charge in [-0.3, -0.25) is 4.57 Å². The van der Waals surface area contributed by atoms with Gasteiger partial charge in [-0.1, -0.05) is 12.1 Å². The lowest BCUT2D eigenvalue weighted by Crippen LogP contribution is -2.17. The van der Waals surface area contributed by atoms with Crippen LogP contribution >= 0.6 is 0 Å². The summed E-state index contributed by atoms with van der Waals surface area (Å²) in [5.74, 6) is 1.86. The summed E-state index contributed by atoms with van der Waals surface area (Å²) in [6.45, 7) is 1.86. The molecule has 0 fully saturated rings. The molecule has 0 unspecified atom stereocenters. The van der Waals surface area contributed by atoms with E-state index in [2.05, 4.69) is 15.5 Å². The smallest absolute Gasteiger partial charge is 0.224 e. The first kappa shape index (κ1) is 9.21. The Morgan fingerprint density at radius 2 is 2.25 bits per heavy atom. The van der Waals surface area contributed by atoms with Crippen molar-refractivity contribution in [2.45, 2.75) is 13.0 Å². The van der Waals surface area contributed by atoms with Gasteiger partial charge in [0.05, 0.1) is 0 Å². The normalized spacial score (nSPS) is 14.2. The molecular formula is C11H12N4O. The number of nitrogens with one attached hydrogen (secondary N) is 1. The minimum atomic E-state index is 0.249. The summed E-state index contributed by atoms with van der Waals surface area (Å²) in [4.78, 5) is 0. The molecule has 0 bridgehead atoms. The molecule has 3 rings (SSSR count). The molecule has 0 atom stereocenters. The minimum Gasteiger partial charge on any atom is -0.508 e. The Morgan fingerprint density at radius 1 is 1.31 bits per heavy atom. The van der Waals surface area contributed by atoms with Crippen LogP contribution in [0.5, 0.6) is 5.75 Å². The Bertz CT molecular complexity index is 520. The van der Waals surface area contributed by atoms with Crippen molar-refractivity contribution >= 4 is 5.95 Å². The maximum atomic E-state index is 9.44. The predicted molar refractivity (Wildman–Crippen MR) is 60.2 cm³/mol. The highest BCUT2D eigenvalue weighted by molar-refractivity contribution is 5.59. The molecule has 0 radical (unpaired) electrons. The monoisotopic (exact) mass is 216 g/mol. The zero-order valence-electron chi connectivity index (χ0n) is 8.72. The van der Waals surface area contributed by atoms with Crippen LogP contribution in [-0.4, -0.2) is 26.4 Å². The molecule has 5 nitrogen and oxygen atoms in total. The lowest BCUT2D eigenvalue weighted by Gasteiger charge is -2.16. The zero-order valence-corrected chi connectivity index (χ0v) is 8.72. The van der Waals surface area contributed by atoms with Crippen LogP contribution in [0.1, 0.15) is 6.42 Å². The summed E-state index contributed by atoms with van der Waals surface area (Å²) in [5.41, 5.74) is 0.891. The second-order valence-corrected chi connectivity index (χ2v) is 3.83. The number of benzene rings is 1. The van der Waals surface area contributed by atoms with E-state index >= 15 is 0 Å². The van der Waals surface area contributed by atoms with Gasteiger partial charge < -0.3 is 10.4 Å². The third-order valence-corrected chi connectivity index (χ3v) is 2.70. The highest BCUT2D eigenvalue weighted by atomic mass is 16.3. The number of rotatable bonds is 1. The summed E-state index contributed by atoms with van der Waals surface area (Å²) >= 11 is 0. The highest BCUT2D eigenvalue weighted by Gasteiger charge is 2.16. The average Bonchev–Trinajstić information content (AvgIpc) is 2.72. The number of aromatic hydroxyl groups is 1. The molecule has 1 aliphatic rings. The van der Waals surface area contributed by atoms with Crippen molar-refractivity contribution < 1.29 is 5.11 Å². The number of fused-ring (bicyclic) bond motifs is 1.